The molecule has 202 valence electrons. The molecule has 2 aromatic rings. The summed E-state index contributed by atoms with van der Waals surface area (Å²) in [7, 11) is 0. The van der Waals surface area contributed by atoms with Crippen LogP contribution < -0.4 is 14.7 Å². The first-order valence-corrected chi connectivity index (χ1v) is 12.7. The molecular formula is C25H30F6N6. The Morgan fingerprint density at radius 2 is 1.03 bits per heavy atom. The van der Waals surface area contributed by atoms with Crippen LogP contribution in [0.1, 0.15) is 42.4 Å². The van der Waals surface area contributed by atoms with Gasteiger partial charge in [0.15, 0.2) is 0 Å². The minimum Gasteiger partial charge on any atom is -0.356 e. The number of piperazine rings is 1. The Kier molecular flexibility index (Phi) is 7.12. The molecule has 0 spiro atoms. The summed E-state index contributed by atoms with van der Waals surface area (Å²) in [5.41, 5.74) is -2.55. The summed E-state index contributed by atoms with van der Waals surface area (Å²) in [5.74, 6) is 2.45. The summed E-state index contributed by atoms with van der Waals surface area (Å²) in [5, 5.41) is 0. The van der Waals surface area contributed by atoms with Crippen LogP contribution >= 0.6 is 0 Å². The van der Waals surface area contributed by atoms with Crippen LogP contribution in [-0.4, -0.2) is 67.2 Å². The molecule has 5 rings (SSSR count). The molecule has 4 heterocycles. The summed E-state index contributed by atoms with van der Waals surface area (Å²) in [6.07, 6.45) is -5.22. The number of nitrogens with zero attached hydrogens (tertiary/aromatic N) is 6. The molecule has 0 unspecified atom stereocenters. The fourth-order valence-corrected chi connectivity index (χ4v) is 5.24. The maximum absolute atomic E-state index is 13.2. The predicted molar refractivity (Wildman–Crippen MR) is 129 cm³/mol. The van der Waals surface area contributed by atoms with E-state index < -0.39 is 23.5 Å². The topological polar surface area (TPSA) is 38.7 Å². The zero-order valence-electron chi connectivity index (χ0n) is 20.5. The van der Waals surface area contributed by atoms with E-state index in [1.165, 1.54) is 0 Å². The Hall–Kier alpha value is -2.76. The van der Waals surface area contributed by atoms with Gasteiger partial charge in [0.25, 0.3) is 0 Å². The molecule has 0 radical (unpaired) electrons. The Morgan fingerprint density at radius 3 is 1.51 bits per heavy atom. The fraction of sp³-hybridized carbons (Fsp3) is 0.600. The molecule has 3 fully saturated rings. The molecule has 0 atom stereocenters. The summed E-state index contributed by atoms with van der Waals surface area (Å²) in [4.78, 5) is 18.2. The average molecular weight is 529 g/mol. The van der Waals surface area contributed by atoms with Gasteiger partial charge in [-0.2, -0.15) is 36.3 Å². The molecular weight excluding hydrogens is 498 g/mol. The van der Waals surface area contributed by atoms with Crippen LogP contribution in [0.5, 0.6) is 0 Å². The Morgan fingerprint density at radius 1 is 0.568 bits per heavy atom. The van der Waals surface area contributed by atoms with Gasteiger partial charge in [-0.25, -0.2) is 0 Å². The molecule has 3 aliphatic rings. The van der Waals surface area contributed by atoms with E-state index in [1.807, 2.05) is 11.0 Å². The molecule has 0 amide bonds. The van der Waals surface area contributed by atoms with Gasteiger partial charge in [-0.3, -0.25) is 4.90 Å². The summed E-state index contributed by atoms with van der Waals surface area (Å²) in [6, 6.07) is 3.81. The number of aromatic nitrogens is 2. The van der Waals surface area contributed by atoms with Crippen LogP contribution in [0.4, 0.5) is 43.9 Å². The van der Waals surface area contributed by atoms with Crippen LogP contribution in [0.25, 0.3) is 0 Å². The normalized spacial score (nSPS) is 19.8. The maximum Gasteiger partial charge on any atom is 0.416 e. The highest BCUT2D eigenvalue weighted by Gasteiger charge is 2.37. The van der Waals surface area contributed by atoms with E-state index in [0.29, 0.717) is 26.2 Å². The first-order valence-electron chi connectivity index (χ1n) is 12.7. The molecule has 0 N–H and O–H groups in total. The van der Waals surface area contributed by atoms with Crippen molar-refractivity contribution in [1.82, 2.24) is 14.9 Å². The largest absolute Gasteiger partial charge is 0.416 e. The van der Waals surface area contributed by atoms with Crippen molar-refractivity contribution in [1.29, 1.82) is 0 Å². The lowest BCUT2D eigenvalue weighted by atomic mass is 10.0. The molecule has 6 nitrogen and oxygen atoms in total. The lowest BCUT2D eigenvalue weighted by molar-refractivity contribution is -0.143. The van der Waals surface area contributed by atoms with Crippen molar-refractivity contribution < 1.29 is 26.3 Å². The third kappa shape index (κ3) is 6.05. The number of hydrogen-bond donors (Lipinski definition) is 0. The highest BCUT2D eigenvalue weighted by Crippen LogP contribution is 2.37. The van der Waals surface area contributed by atoms with Gasteiger partial charge in [0.2, 0.25) is 5.95 Å². The van der Waals surface area contributed by atoms with E-state index in [1.54, 1.807) is 0 Å². The number of rotatable bonds is 5. The number of alkyl halides is 6. The SMILES string of the molecule is FC(F)(F)c1cc(CN2CCN(c3cc(N4CCCC4)nc(N4CCCC4)n3)CC2)cc(C(F)(F)F)c1. The highest BCUT2D eigenvalue weighted by atomic mass is 19.4. The predicted octanol–water partition coefficient (Wildman–Crippen LogP) is 5.04. The number of halogens is 6. The maximum atomic E-state index is 13.2. The van der Waals surface area contributed by atoms with Crippen LogP contribution in [-0.2, 0) is 18.9 Å². The Bertz CT molecular complexity index is 1020. The third-order valence-corrected chi connectivity index (χ3v) is 7.26. The van der Waals surface area contributed by atoms with Crippen molar-refractivity contribution in [3.8, 4) is 0 Å². The summed E-state index contributed by atoms with van der Waals surface area (Å²) in [6.45, 7) is 5.92. The standard InChI is InChI=1S/C25H30F6N6/c26-24(27,28)19-13-18(14-20(15-19)25(29,30)31)17-34-9-11-36(12-10-34)22-16-21(35-5-1-2-6-35)32-23(33-22)37-7-3-4-8-37/h13-16H,1-12,17H2. The quantitative estimate of drug-likeness (QED) is 0.507. The minimum absolute atomic E-state index is 0.00488. The molecule has 0 saturated carbocycles. The van der Waals surface area contributed by atoms with Crippen LogP contribution in [0, 0.1) is 0 Å². The van der Waals surface area contributed by atoms with E-state index in [0.717, 1.165) is 81.6 Å². The minimum atomic E-state index is -4.85. The monoisotopic (exact) mass is 528 g/mol. The van der Waals surface area contributed by atoms with Gasteiger partial charge in [0.05, 0.1) is 11.1 Å². The van der Waals surface area contributed by atoms with Gasteiger partial charge in [-0.05, 0) is 49.4 Å². The molecule has 3 saturated heterocycles. The third-order valence-electron chi connectivity index (χ3n) is 7.26. The lowest BCUT2D eigenvalue weighted by Crippen LogP contribution is -2.46. The van der Waals surface area contributed by atoms with Gasteiger partial charge in [0.1, 0.15) is 11.6 Å². The van der Waals surface area contributed by atoms with Crippen molar-refractivity contribution in [2.24, 2.45) is 0 Å². The van der Waals surface area contributed by atoms with E-state index in [9.17, 15) is 26.3 Å². The second-order valence-electron chi connectivity index (χ2n) is 9.95. The molecule has 3 aliphatic heterocycles. The first kappa shape index (κ1) is 25.9. The zero-order valence-corrected chi connectivity index (χ0v) is 20.5. The number of anilines is 3. The molecule has 1 aromatic carbocycles. The number of hydrogen-bond acceptors (Lipinski definition) is 6. The van der Waals surface area contributed by atoms with E-state index in [4.69, 9.17) is 9.97 Å². The van der Waals surface area contributed by atoms with Gasteiger partial charge in [-0.1, -0.05) is 0 Å². The van der Waals surface area contributed by atoms with Crippen molar-refractivity contribution in [2.75, 3.05) is 67.1 Å². The summed E-state index contributed by atoms with van der Waals surface area (Å²) < 4.78 is 79.4. The second-order valence-corrected chi connectivity index (χ2v) is 9.95. The van der Waals surface area contributed by atoms with Crippen LogP contribution in [0.15, 0.2) is 24.3 Å². The number of benzene rings is 1. The van der Waals surface area contributed by atoms with E-state index >= 15 is 0 Å². The van der Waals surface area contributed by atoms with E-state index in [2.05, 4.69) is 14.7 Å². The lowest BCUT2D eigenvalue weighted by Gasteiger charge is -2.36. The highest BCUT2D eigenvalue weighted by molar-refractivity contribution is 5.56. The van der Waals surface area contributed by atoms with Crippen molar-refractivity contribution in [2.45, 2.75) is 44.6 Å². The fourth-order valence-electron chi connectivity index (χ4n) is 5.24. The van der Waals surface area contributed by atoms with Gasteiger partial charge >= 0.3 is 12.4 Å². The Balaban J connectivity index is 1.30. The van der Waals surface area contributed by atoms with Gasteiger partial charge in [0, 0.05) is 65.0 Å². The Labute approximate surface area is 211 Å². The molecule has 12 heteroatoms. The summed E-state index contributed by atoms with van der Waals surface area (Å²) >= 11 is 0. The van der Waals surface area contributed by atoms with Crippen molar-refractivity contribution in [3.63, 3.8) is 0 Å². The molecule has 0 aliphatic carbocycles. The first-order chi connectivity index (χ1) is 17.6. The van der Waals surface area contributed by atoms with Crippen molar-refractivity contribution in [3.05, 3.63) is 41.0 Å². The molecule has 37 heavy (non-hydrogen) atoms. The second kappa shape index (κ2) is 10.2. The van der Waals surface area contributed by atoms with Gasteiger partial charge in [-0.15, -0.1) is 0 Å². The molecule has 0 bridgehead atoms. The zero-order chi connectivity index (χ0) is 26.2. The van der Waals surface area contributed by atoms with Crippen molar-refractivity contribution >= 4 is 17.6 Å². The van der Waals surface area contributed by atoms with E-state index in [-0.39, 0.29) is 18.2 Å². The van der Waals surface area contributed by atoms with Gasteiger partial charge < -0.3 is 14.7 Å². The van der Waals surface area contributed by atoms with Crippen LogP contribution in [0.2, 0.25) is 0 Å². The smallest absolute Gasteiger partial charge is 0.356 e. The van der Waals surface area contributed by atoms with Crippen LogP contribution in [0.3, 0.4) is 0 Å². The average Bonchev–Trinajstić information content (AvgIpc) is 3.58. The molecule has 1 aromatic heterocycles.